The van der Waals surface area contributed by atoms with E-state index in [-0.39, 0.29) is 42.5 Å². The molecule has 0 aliphatic rings. The maximum atomic E-state index is 14.2. The smallest absolute Gasteiger partial charge is 0.407 e. The molecule has 0 aliphatic carbocycles. The Hall–Kier alpha value is -4.35. The first-order valence-corrected chi connectivity index (χ1v) is 10.4. The fourth-order valence-corrected chi connectivity index (χ4v) is 3.62. The van der Waals surface area contributed by atoms with Crippen molar-refractivity contribution in [2.45, 2.75) is 19.8 Å². The Morgan fingerprint density at radius 3 is 2.53 bits per heavy atom. The fraction of sp³-hybridized carbons (Fsp3) is 0.227. The molecule has 1 amide bonds. The molecule has 12 heteroatoms. The Kier molecular flexibility index (Phi) is 6.21. The molecule has 0 bridgehead atoms. The molecule has 1 aromatic carbocycles. The van der Waals surface area contributed by atoms with Crippen molar-refractivity contribution in [1.29, 1.82) is 0 Å². The van der Waals surface area contributed by atoms with Crippen molar-refractivity contribution in [3.63, 3.8) is 0 Å². The minimum atomic E-state index is -1.06. The van der Waals surface area contributed by atoms with Crippen LogP contribution in [-0.4, -0.2) is 53.9 Å². The summed E-state index contributed by atoms with van der Waals surface area (Å²) < 4.78 is 29.5. The van der Waals surface area contributed by atoms with Gasteiger partial charge in [0.1, 0.15) is 28.8 Å². The number of hydrogen-bond acceptors (Lipinski definition) is 7. The monoisotopic (exact) mass is 468 g/mol. The van der Waals surface area contributed by atoms with Gasteiger partial charge in [-0.25, -0.2) is 18.6 Å². The van der Waals surface area contributed by atoms with E-state index in [9.17, 15) is 18.7 Å². The SMILES string of the molecule is CCN(CCc1c(N)nc(-n2nc(Cc3ccccc3F)c3ncc(F)cc32)nc1N)C(=O)O. The van der Waals surface area contributed by atoms with Gasteiger partial charge in [0.15, 0.2) is 0 Å². The van der Waals surface area contributed by atoms with Crippen molar-refractivity contribution >= 4 is 28.8 Å². The summed E-state index contributed by atoms with van der Waals surface area (Å²) in [6.07, 6.45) is 0.317. The van der Waals surface area contributed by atoms with Gasteiger partial charge in [0.25, 0.3) is 5.95 Å². The lowest BCUT2D eigenvalue weighted by molar-refractivity contribution is 0.148. The van der Waals surface area contributed by atoms with Gasteiger partial charge in [-0.2, -0.15) is 19.7 Å². The number of fused-ring (bicyclic) bond motifs is 1. The number of benzene rings is 1. The van der Waals surface area contributed by atoms with Crippen molar-refractivity contribution in [2.24, 2.45) is 0 Å². The van der Waals surface area contributed by atoms with E-state index in [1.165, 1.54) is 21.7 Å². The number of likely N-dealkylation sites (N-methyl/N-ethyl adjacent to an activating group) is 1. The van der Waals surface area contributed by atoms with Crippen LogP contribution in [0.25, 0.3) is 17.0 Å². The molecule has 0 unspecified atom stereocenters. The Balaban J connectivity index is 1.74. The maximum absolute atomic E-state index is 14.2. The Morgan fingerprint density at radius 2 is 1.88 bits per heavy atom. The van der Waals surface area contributed by atoms with Gasteiger partial charge in [-0.05, 0) is 25.0 Å². The molecule has 0 aliphatic heterocycles. The highest BCUT2D eigenvalue weighted by atomic mass is 19.1. The normalized spacial score (nSPS) is 11.1. The van der Waals surface area contributed by atoms with Crippen molar-refractivity contribution in [3.05, 3.63) is 65.0 Å². The van der Waals surface area contributed by atoms with E-state index in [2.05, 4.69) is 20.1 Å². The molecule has 3 aromatic heterocycles. The molecule has 0 saturated heterocycles. The zero-order chi connectivity index (χ0) is 24.4. The van der Waals surface area contributed by atoms with Crippen LogP contribution in [0.1, 0.15) is 23.7 Å². The summed E-state index contributed by atoms with van der Waals surface area (Å²) in [5.74, 6) is -0.914. The number of rotatable bonds is 7. The minimum Gasteiger partial charge on any atom is -0.465 e. The Bertz CT molecular complexity index is 1350. The number of anilines is 2. The highest BCUT2D eigenvalue weighted by Crippen LogP contribution is 2.25. The van der Waals surface area contributed by atoms with Crippen molar-refractivity contribution < 1.29 is 18.7 Å². The number of carbonyl (C=O) groups is 1. The molecule has 10 nitrogen and oxygen atoms in total. The molecule has 34 heavy (non-hydrogen) atoms. The van der Waals surface area contributed by atoms with Crippen LogP contribution in [0.2, 0.25) is 0 Å². The minimum absolute atomic E-state index is 0.0125. The molecule has 4 rings (SSSR count). The average Bonchev–Trinajstić information content (AvgIpc) is 3.14. The summed E-state index contributed by atoms with van der Waals surface area (Å²) in [7, 11) is 0. The van der Waals surface area contributed by atoms with Crippen LogP contribution in [0, 0.1) is 11.6 Å². The van der Waals surface area contributed by atoms with Crippen LogP contribution in [-0.2, 0) is 12.8 Å². The van der Waals surface area contributed by atoms with E-state index in [0.29, 0.717) is 28.9 Å². The molecule has 3 heterocycles. The summed E-state index contributed by atoms with van der Waals surface area (Å²) in [6.45, 7) is 2.18. The predicted molar refractivity (Wildman–Crippen MR) is 121 cm³/mol. The second-order valence-corrected chi connectivity index (χ2v) is 7.53. The Labute approximate surface area is 192 Å². The van der Waals surface area contributed by atoms with Gasteiger partial charge in [0.05, 0.1) is 17.4 Å². The highest BCUT2D eigenvalue weighted by Gasteiger charge is 2.20. The van der Waals surface area contributed by atoms with Crippen molar-refractivity contribution in [3.8, 4) is 5.95 Å². The molecule has 0 spiro atoms. The maximum Gasteiger partial charge on any atom is 0.407 e. The number of pyridine rings is 1. The number of hydrogen-bond donors (Lipinski definition) is 3. The van der Waals surface area contributed by atoms with E-state index in [4.69, 9.17) is 11.5 Å². The van der Waals surface area contributed by atoms with E-state index in [1.807, 2.05) is 0 Å². The van der Waals surface area contributed by atoms with Gasteiger partial charge in [0, 0.05) is 31.1 Å². The molecule has 0 saturated carbocycles. The van der Waals surface area contributed by atoms with E-state index in [1.54, 1.807) is 25.1 Å². The average molecular weight is 468 g/mol. The lowest BCUT2D eigenvalue weighted by Gasteiger charge is -2.17. The number of aromatic nitrogens is 5. The quantitative estimate of drug-likeness (QED) is 0.375. The summed E-state index contributed by atoms with van der Waals surface area (Å²) in [5.41, 5.74) is 14.0. The molecule has 0 radical (unpaired) electrons. The van der Waals surface area contributed by atoms with Crippen LogP contribution in [0.3, 0.4) is 0 Å². The molecule has 5 N–H and O–H groups in total. The van der Waals surface area contributed by atoms with E-state index >= 15 is 0 Å². The number of carboxylic acid groups (broad SMARTS) is 1. The van der Waals surface area contributed by atoms with Crippen molar-refractivity contribution in [2.75, 3.05) is 24.6 Å². The Morgan fingerprint density at radius 1 is 1.18 bits per heavy atom. The van der Waals surface area contributed by atoms with Gasteiger partial charge in [-0.15, -0.1) is 0 Å². The van der Waals surface area contributed by atoms with Gasteiger partial charge < -0.3 is 21.5 Å². The topological polar surface area (TPSA) is 149 Å². The second-order valence-electron chi connectivity index (χ2n) is 7.53. The largest absolute Gasteiger partial charge is 0.465 e. The summed E-state index contributed by atoms with van der Waals surface area (Å²) in [5, 5.41) is 13.6. The third-order valence-electron chi connectivity index (χ3n) is 5.40. The summed E-state index contributed by atoms with van der Waals surface area (Å²) in [6, 6.07) is 7.48. The lowest BCUT2D eigenvalue weighted by Crippen LogP contribution is -2.31. The zero-order valence-electron chi connectivity index (χ0n) is 18.2. The van der Waals surface area contributed by atoms with Crippen LogP contribution >= 0.6 is 0 Å². The van der Waals surface area contributed by atoms with Crippen LogP contribution in [0.15, 0.2) is 36.5 Å². The van der Waals surface area contributed by atoms with E-state index < -0.39 is 17.7 Å². The molecular formula is C22H22F2N8O2. The number of amides is 1. The number of nitrogen functional groups attached to an aromatic ring is 2. The predicted octanol–water partition coefficient (Wildman–Crippen LogP) is 2.79. The lowest BCUT2D eigenvalue weighted by atomic mass is 10.1. The summed E-state index contributed by atoms with van der Waals surface area (Å²) in [4.78, 5) is 25.1. The molecule has 176 valence electrons. The highest BCUT2D eigenvalue weighted by molar-refractivity contribution is 5.79. The zero-order valence-corrected chi connectivity index (χ0v) is 18.2. The standard InChI is InChI=1S/C22H22F2N8O2/c1-2-31(22(33)34)8-7-14-19(25)28-21(29-20(14)26)32-17-10-13(23)11-27-18(17)16(30-32)9-12-5-3-4-6-15(12)24/h3-6,10-11H,2,7-9H2,1H3,(H,33,34)(H4,25,26,28,29). The van der Waals surface area contributed by atoms with Gasteiger partial charge >= 0.3 is 6.09 Å². The number of nitrogens with zero attached hydrogens (tertiary/aromatic N) is 6. The van der Waals surface area contributed by atoms with Crippen LogP contribution in [0.4, 0.5) is 25.2 Å². The number of halogens is 2. The molecule has 0 fully saturated rings. The van der Waals surface area contributed by atoms with Gasteiger partial charge in [-0.3, -0.25) is 0 Å². The fourth-order valence-electron chi connectivity index (χ4n) is 3.62. The van der Waals surface area contributed by atoms with Gasteiger partial charge in [0.2, 0.25) is 0 Å². The van der Waals surface area contributed by atoms with E-state index in [0.717, 1.165) is 6.20 Å². The third kappa shape index (κ3) is 4.42. The van der Waals surface area contributed by atoms with Crippen LogP contribution < -0.4 is 11.5 Å². The molecule has 0 atom stereocenters. The first-order valence-electron chi connectivity index (χ1n) is 10.4. The van der Waals surface area contributed by atoms with Gasteiger partial charge in [-0.1, -0.05) is 18.2 Å². The third-order valence-corrected chi connectivity index (χ3v) is 5.40. The van der Waals surface area contributed by atoms with Crippen LogP contribution in [0.5, 0.6) is 0 Å². The first-order chi connectivity index (χ1) is 16.3. The molecular weight excluding hydrogens is 446 g/mol. The first kappa shape index (κ1) is 22.8. The number of nitrogens with two attached hydrogens (primary N) is 2. The van der Waals surface area contributed by atoms with Crippen molar-refractivity contribution in [1.82, 2.24) is 29.6 Å². The summed E-state index contributed by atoms with van der Waals surface area (Å²) >= 11 is 0. The molecule has 4 aromatic rings. The second kappa shape index (κ2) is 9.25.